The topological polar surface area (TPSA) is 69.7 Å². The first-order chi connectivity index (χ1) is 13.0. The number of hydrogen-bond donors (Lipinski definition) is 1. The van der Waals surface area contributed by atoms with Crippen molar-refractivity contribution in [1.82, 2.24) is 10.2 Å². The fourth-order valence-electron chi connectivity index (χ4n) is 3.20. The van der Waals surface area contributed by atoms with E-state index in [9.17, 15) is 14.4 Å². The zero-order valence-corrected chi connectivity index (χ0v) is 15.5. The molecule has 1 N–H and O–H groups in total. The number of hydrogen-bond acceptors (Lipinski definition) is 3. The molecule has 2 aromatic rings. The molecule has 0 aromatic heterocycles. The van der Waals surface area contributed by atoms with Crippen molar-refractivity contribution >= 4 is 23.4 Å². The molecule has 1 aliphatic heterocycles. The number of carbonyl (C=O) groups is 3. The van der Waals surface area contributed by atoms with Gasteiger partial charge in [0.15, 0.2) is 5.78 Å². The molecule has 3 amide bonds. The van der Waals surface area contributed by atoms with Gasteiger partial charge in [0, 0.05) is 37.8 Å². The van der Waals surface area contributed by atoms with Crippen LogP contribution >= 0.6 is 0 Å². The average Bonchev–Trinajstić information content (AvgIpc) is 2.97. The van der Waals surface area contributed by atoms with E-state index in [0.29, 0.717) is 25.2 Å². The Balaban J connectivity index is 1.82. The van der Waals surface area contributed by atoms with Crippen molar-refractivity contribution in [2.75, 3.05) is 18.0 Å². The van der Waals surface area contributed by atoms with E-state index < -0.39 is 0 Å². The number of carbonyl (C=O) groups excluding carboxylic acids is 3. The highest BCUT2D eigenvalue weighted by molar-refractivity contribution is 5.97. The van der Waals surface area contributed by atoms with E-state index in [-0.39, 0.29) is 23.8 Å². The Morgan fingerprint density at radius 3 is 2.30 bits per heavy atom. The molecule has 0 saturated carbocycles. The summed E-state index contributed by atoms with van der Waals surface area (Å²) < 4.78 is 0. The van der Waals surface area contributed by atoms with Crippen molar-refractivity contribution in [3.63, 3.8) is 0 Å². The maximum absolute atomic E-state index is 13.1. The highest BCUT2D eigenvalue weighted by Gasteiger charge is 2.37. The first-order valence-electron chi connectivity index (χ1n) is 8.93. The van der Waals surface area contributed by atoms with Gasteiger partial charge in [-0.05, 0) is 36.8 Å². The van der Waals surface area contributed by atoms with E-state index in [1.807, 2.05) is 30.3 Å². The summed E-state index contributed by atoms with van der Waals surface area (Å²) in [5, 5.41) is 2.82. The number of nitrogens with zero attached hydrogens (tertiary/aromatic N) is 2. The molecule has 6 heteroatoms. The molecule has 1 aliphatic rings. The lowest BCUT2D eigenvalue weighted by Crippen LogP contribution is -2.41. The van der Waals surface area contributed by atoms with Gasteiger partial charge >= 0.3 is 6.03 Å². The Hall–Kier alpha value is -3.15. The summed E-state index contributed by atoms with van der Waals surface area (Å²) in [5.74, 6) is -0.130. The Labute approximate surface area is 158 Å². The first kappa shape index (κ1) is 18.6. The van der Waals surface area contributed by atoms with E-state index in [2.05, 4.69) is 5.32 Å². The SMILES string of the molecule is CC(=O)NCC1CN(c2ccc(C(C)=O)cc2)C(=O)N1Cc1ccccc1. The maximum Gasteiger partial charge on any atom is 0.325 e. The van der Waals surface area contributed by atoms with E-state index >= 15 is 0 Å². The van der Waals surface area contributed by atoms with Crippen molar-refractivity contribution in [2.45, 2.75) is 26.4 Å². The Kier molecular flexibility index (Phi) is 5.54. The molecule has 0 bridgehead atoms. The first-order valence-corrected chi connectivity index (χ1v) is 8.93. The summed E-state index contributed by atoms with van der Waals surface area (Å²) in [7, 11) is 0. The van der Waals surface area contributed by atoms with Gasteiger partial charge in [0.2, 0.25) is 5.91 Å². The molecule has 1 saturated heterocycles. The van der Waals surface area contributed by atoms with Gasteiger partial charge in [0.1, 0.15) is 0 Å². The molecule has 1 unspecified atom stereocenters. The molecule has 0 spiro atoms. The van der Waals surface area contributed by atoms with Gasteiger partial charge in [0.05, 0.1) is 6.04 Å². The van der Waals surface area contributed by atoms with E-state index in [1.165, 1.54) is 13.8 Å². The number of amides is 3. The molecular formula is C21H23N3O3. The van der Waals surface area contributed by atoms with Crippen LogP contribution in [0.5, 0.6) is 0 Å². The van der Waals surface area contributed by atoms with Gasteiger partial charge in [-0.2, -0.15) is 0 Å². The molecule has 140 valence electrons. The van der Waals surface area contributed by atoms with E-state index in [1.54, 1.807) is 34.1 Å². The predicted octanol–water partition coefficient (Wildman–Crippen LogP) is 2.84. The normalized spacial score (nSPS) is 16.5. The zero-order valence-electron chi connectivity index (χ0n) is 15.5. The molecule has 1 heterocycles. The number of nitrogens with one attached hydrogen (secondary N) is 1. The third-order valence-electron chi connectivity index (χ3n) is 4.68. The largest absolute Gasteiger partial charge is 0.354 e. The van der Waals surface area contributed by atoms with Crippen LogP contribution in [0.4, 0.5) is 10.5 Å². The van der Waals surface area contributed by atoms with Gasteiger partial charge in [-0.1, -0.05) is 30.3 Å². The fraction of sp³-hybridized carbons (Fsp3) is 0.286. The van der Waals surface area contributed by atoms with Gasteiger partial charge in [-0.3, -0.25) is 14.5 Å². The fourth-order valence-corrected chi connectivity index (χ4v) is 3.20. The van der Waals surface area contributed by atoms with Gasteiger partial charge in [0.25, 0.3) is 0 Å². The van der Waals surface area contributed by atoms with Crippen molar-refractivity contribution < 1.29 is 14.4 Å². The summed E-state index contributed by atoms with van der Waals surface area (Å²) in [6.07, 6.45) is 0. The summed E-state index contributed by atoms with van der Waals surface area (Å²) in [4.78, 5) is 39.3. The monoisotopic (exact) mass is 365 g/mol. The Morgan fingerprint density at radius 1 is 1.04 bits per heavy atom. The molecule has 2 aromatic carbocycles. The summed E-state index contributed by atoms with van der Waals surface area (Å²) in [6.45, 7) is 4.34. The molecule has 27 heavy (non-hydrogen) atoms. The van der Waals surface area contributed by atoms with Gasteiger partial charge in [-0.25, -0.2) is 4.79 Å². The second-order valence-electron chi connectivity index (χ2n) is 6.70. The van der Waals surface area contributed by atoms with Crippen LogP contribution in [0.3, 0.4) is 0 Å². The molecule has 1 atom stereocenters. The number of urea groups is 1. The van der Waals surface area contributed by atoms with Gasteiger partial charge in [-0.15, -0.1) is 0 Å². The zero-order chi connectivity index (χ0) is 19.4. The van der Waals surface area contributed by atoms with Gasteiger partial charge < -0.3 is 10.2 Å². The van der Waals surface area contributed by atoms with Crippen LogP contribution in [-0.2, 0) is 11.3 Å². The third kappa shape index (κ3) is 4.34. The lowest BCUT2D eigenvalue weighted by molar-refractivity contribution is -0.119. The van der Waals surface area contributed by atoms with Crippen molar-refractivity contribution in [2.24, 2.45) is 0 Å². The Morgan fingerprint density at radius 2 is 1.70 bits per heavy atom. The van der Waals surface area contributed by atoms with Crippen LogP contribution in [-0.4, -0.2) is 41.8 Å². The van der Waals surface area contributed by atoms with E-state index in [4.69, 9.17) is 0 Å². The molecule has 6 nitrogen and oxygen atoms in total. The molecule has 0 radical (unpaired) electrons. The predicted molar refractivity (Wildman–Crippen MR) is 104 cm³/mol. The number of ketones is 1. The van der Waals surface area contributed by atoms with Crippen LogP contribution in [0.1, 0.15) is 29.8 Å². The summed E-state index contributed by atoms with van der Waals surface area (Å²) >= 11 is 0. The smallest absolute Gasteiger partial charge is 0.325 e. The highest BCUT2D eigenvalue weighted by atomic mass is 16.2. The summed E-state index contributed by atoms with van der Waals surface area (Å²) in [5.41, 5.74) is 2.39. The van der Waals surface area contributed by atoms with Crippen LogP contribution in [0.15, 0.2) is 54.6 Å². The molecule has 0 aliphatic carbocycles. The van der Waals surface area contributed by atoms with Crippen LogP contribution in [0, 0.1) is 0 Å². The van der Waals surface area contributed by atoms with Crippen molar-refractivity contribution in [3.8, 4) is 0 Å². The number of rotatable bonds is 6. The number of Topliss-reactive ketones (excluding diaryl/α,β-unsaturated/α-hetero) is 1. The van der Waals surface area contributed by atoms with Crippen LogP contribution in [0.2, 0.25) is 0 Å². The van der Waals surface area contributed by atoms with E-state index in [0.717, 1.165) is 11.3 Å². The second-order valence-corrected chi connectivity index (χ2v) is 6.70. The molecule has 3 rings (SSSR count). The molecule has 1 fully saturated rings. The third-order valence-corrected chi connectivity index (χ3v) is 4.68. The van der Waals surface area contributed by atoms with Crippen molar-refractivity contribution in [3.05, 3.63) is 65.7 Å². The van der Waals surface area contributed by atoms with Crippen LogP contribution < -0.4 is 10.2 Å². The van der Waals surface area contributed by atoms with Crippen molar-refractivity contribution in [1.29, 1.82) is 0 Å². The standard InChI is InChI=1S/C21H23N3O3/c1-15(25)18-8-10-19(11-9-18)24-14-20(12-22-16(2)26)23(21(24)27)13-17-6-4-3-5-7-17/h3-11,20H,12-14H2,1-2H3,(H,22,26). The lowest BCUT2D eigenvalue weighted by atomic mass is 10.1. The summed E-state index contributed by atoms with van der Waals surface area (Å²) in [6, 6.07) is 16.6. The van der Waals surface area contributed by atoms with Crippen LogP contribution in [0.25, 0.3) is 0 Å². The minimum atomic E-state index is -0.130. The second kappa shape index (κ2) is 8.03. The quantitative estimate of drug-likeness (QED) is 0.801. The minimum Gasteiger partial charge on any atom is -0.354 e. The Bertz CT molecular complexity index is 834. The number of benzene rings is 2. The number of anilines is 1. The molecular weight excluding hydrogens is 342 g/mol. The minimum absolute atomic E-state index is 0.0106. The maximum atomic E-state index is 13.1. The highest BCUT2D eigenvalue weighted by Crippen LogP contribution is 2.26. The average molecular weight is 365 g/mol. The lowest BCUT2D eigenvalue weighted by Gasteiger charge is -2.23.